The van der Waals surface area contributed by atoms with Gasteiger partial charge in [0.15, 0.2) is 29.1 Å². The van der Waals surface area contributed by atoms with E-state index in [0.717, 1.165) is 11.3 Å². The second kappa shape index (κ2) is 5.97. The van der Waals surface area contributed by atoms with E-state index in [1.807, 2.05) is 30.3 Å². The first-order valence-electron chi connectivity index (χ1n) is 6.92. The van der Waals surface area contributed by atoms with Gasteiger partial charge < -0.3 is 18.9 Å². The SMILES string of the molecule is COc1cc([C@@H]2COc3ccccc3O2)ccc1OC(C)=O. The van der Waals surface area contributed by atoms with Gasteiger partial charge in [-0.2, -0.15) is 0 Å². The van der Waals surface area contributed by atoms with Gasteiger partial charge in [0.1, 0.15) is 6.61 Å². The highest BCUT2D eigenvalue weighted by Gasteiger charge is 2.23. The predicted molar refractivity (Wildman–Crippen MR) is 79.6 cm³/mol. The van der Waals surface area contributed by atoms with Crippen LogP contribution in [0.1, 0.15) is 18.6 Å². The Morgan fingerprint density at radius 2 is 1.91 bits per heavy atom. The molecule has 1 aliphatic rings. The van der Waals surface area contributed by atoms with Crippen molar-refractivity contribution in [3.8, 4) is 23.0 Å². The number of fused-ring (bicyclic) bond motifs is 1. The maximum Gasteiger partial charge on any atom is 0.308 e. The minimum atomic E-state index is -0.391. The third-order valence-electron chi connectivity index (χ3n) is 3.32. The number of hydrogen-bond donors (Lipinski definition) is 0. The quantitative estimate of drug-likeness (QED) is 0.644. The molecule has 0 amide bonds. The third-order valence-corrected chi connectivity index (χ3v) is 3.32. The van der Waals surface area contributed by atoms with Gasteiger partial charge >= 0.3 is 5.97 Å². The van der Waals surface area contributed by atoms with Gasteiger partial charge in [0.05, 0.1) is 7.11 Å². The van der Waals surface area contributed by atoms with Crippen LogP contribution >= 0.6 is 0 Å². The summed E-state index contributed by atoms with van der Waals surface area (Å²) in [6, 6.07) is 12.9. The first-order chi connectivity index (χ1) is 10.7. The Morgan fingerprint density at radius 1 is 1.14 bits per heavy atom. The summed E-state index contributed by atoms with van der Waals surface area (Å²) >= 11 is 0. The first kappa shape index (κ1) is 14.3. The number of carbonyl (C=O) groups excluding carboxylic acids is 1. The molecule has 0 aliphatic carbocycles. The Hall–Kier alpha value is -2.69. The molecule has 0 aromatic heterocycles. The summed E-state index contributed by atoms with van der Waals surface area (Å²) in [7, 11) is 1.53. The molecule has 0 N–H and O–H groups in total. The number of para-hydroxylation sites is 2. The molecule has 22 heavy (non-hydrogen) atoms. The summed E-state index contributed by atoms with van der Waals surface area (Å²) in [5.74, 6) is 1.92. The molecule has 1 atom stereocenters. The molecule has 2 aromatic carbocycles. The molecule has 0 bridgehead atoms. The van der Waals surface area contributed by atoms with Gasteiger partial charge in [-0.15, -0.1) is 0 Å². The number of ether oxygens (including phenoxy) is 4. The Labute approximate surface area is 128 Å². The molecule has 0 radical (unpaired) electrons. The number of methoxy groups -OCH3 is 1. The molecule has 1 heterocycles. The molecule has 0 saturated heterocycles. The van der Waals surface area contributed by atoms with E-state index in [0.29, 0.717) is 23.9 Å². The third kappa shape index (κ3) is 2.83. The van der Waals surface area contributed by atoms with Gasteiger partial charge in [-0.05, 0) is 29.8 Å². The lowest BCUT2D eigenvalue weighted by Crippen LogP contribution is -2.21. The normalized spacial score (nSPS) is 16.0. The molecule has 5 heteroatoms. The average Bonchev–Trinajstić information content (AvgIpc) is 2.54. The van der Waals surface area contributed by atoms with Crippen LogP contribution in [0.4, 0.5) is 0 Å². The van der Waals surface area contributed by atoms with Crippen molar-refractivity contribution in [1.82, 2.24) is 0 Å². The molecular formula is C17H16O5. The number of esters is 1. The van der Waals surface area contributed by atoms with E-state index < -0.39 is 5.97 Å². The van der Waals surface area contributed by atoms with E-state index in [2.05, 4.69) is 0 Å². The van der Waals surface area contributed by atoms with Crippen molar-refractivity contribution in [2.45, 2.75) is 13.0 Å². The van der Waals surface area contributed by atoms with E-state index >= 15 is 0 Å². The van der Waals surface area contributed by atoms with Crippen LogP contribution in [-0.2, 0) is 4.79 Å². The zero-order valence-electron chi connectivity index (χ0n) is 12.4. The molecule has 2 aromatic rings. The van der Waals surface area contributed by atoms with Crippen molar-refractivity contribution < 1.29 is 23.7 Å². The molecule has 0 fully saturated rings. The molecule has 3 rings (SSSR count). The predicted octanol–water partition coefficient (Wildman–Crippen LogP) is 3.13. The molecule has 5 nitrogen and oxygen atoms in total. The van der Waals surface area contributed by atoms with Crippen LogP contribution in [0, 0.1) is 0 Å². The van der Waals surface area contributed by atoms with Crippen molar-refractivity contribution in [3.05, 3.63) is 48.0 Å². The highest BCUT2D eigenvalue weighted by atomic mass is 16.6. The minimum Gasteiger partial charge on any atom is -0.493 e. The summed E-state index contributed by atoms with van der Waals surface area (Å²) in [5, 5.41) is 0. The standard InChI is InChI=1S/C17H16O5/c1-11(18)21-15-8-7-12(9-16(15)19-2)17-10-20-13-5-3-4-6-14(13)22-17/h3-9,17H,10H2,1-2H3/t17-/m0/s1. The van der Waals surface area contributed by atoms with E-state index in [4.69, 9.17) is 18.9 Å². The summed E-state index contributed by atoms with van der Waals surface area (Å²) in [5.41, 5.74) is 0.891. The fourth-order valence-corrected chi connectivity index (χ4v) is 2.31. The maximum absolute atomic E-state index is 11.1. The summed E-state index contributed by atoms with van der Waals surface area (Å²) in [6.07, 6.45) is -0.241. The van der Waals surface area contributed by atoms with Gasteiger partial charge in [0, 0.05) is 6.92 Å². The lowest BCUT2D eigenvalue weighted by Gasteiger charge is -2.27. The first-order valence-corrected chi connectivity index (χ1v) is 6.92. The Balaban J connectivity index is 1.85. The Bertz CT molecular complexity index is 695. The van der Waals surface area contributed by atoms with Gasteiger partial charge in [-0.3, -0.25) is 4.79 Å². The largest absolute Gasteiger partial charge is 0.493 e. The summed E-state index contributed by atoms with van der Waals surface area (Å²) in [6.45, 7) is 1.76. The van der Waals surface area contributed by atoms with Gasteiger partial charge in [-0.1, -0.05) is 18.2 Å². The van der Waals surface area contributed by atoms with Crippen LogP contribution in [0.25, 0.3) is 0 Å². The fraction of sp³-hybridized carbons (Fsp3) is 0.235. The monoisotopic (exact) mass is 300 g/mol. The van der Waals surface area contributed by atoms with E-state index in [-0.39, 0.29) is 6.10 Å². The van der Waals surface area contributed by atoms with Crippen molar-refractivity contribution in [2.24, 2.45) is 0 Å². The van der Waals surface area contributed by atoms with Crippen LogP contribution < -0.4 is 18.9 Å². The molecule has 0 unspecified atom stereocenters. The molecule has 114 valence electrons. The molecule has 0 saturated carbocycles. The number of hydrogen-bond acceptors (Lipinski definition) is 5. The number of carbonyl (C=O) groups is 1. The zero-order valence-corrected chi connectivity index (χ0v) is 12.4. The average molecular weight is 300 g/mol. The number of benzene rings is 2. The summed E-state index contributed by atoms with van der Waals surface area (Å²) in [4.78, 5) is 11.1. The van der Waals surface area contributed by atoms with Crippen molar-refractivity contribution in [2.75, 3.05) is 13.7 Å². The molecular weight excluding hydrogens is 284 g/mol. The van der Waals surface area contributed by atoms with Gasteiger partial charge in [-0.25, -0.2) is 0 Å². The number of rotatable bonds is 3. The van der Waals surface area contributed by atoms with Crippen LogP contribution in [0.15, 0.2) is 42.5 Å². The van der Waals surface area contributed by atoms with Crippen LogP contribution in [0.3, 0.4) is 0 Å². The summed E-state index contributed by atoms with van der Waals surface area (Å²) < 4.78 is 22.0. The highest BCUT2D eigenvalue weighted by molar-refractivity contribution is 5.70. The van der Waals surface area contributed by atoms with E-state index in [1.54, 1.807) is 12.1 Å². The topological polar surface area (TPSA) is 54.0 Å². The second-order valence-corrected chi connectivity index (χ2v) is 4.87. The Kier molecular flexibility index (Phi) is 3.87. The lowest BCUT2D eigenvalue weighted by atomic mass is 10.1. The van der Waals surface area contributed by atoms with Crippen LogP contribution in [-0.4, -0.2) is 19.7 Å². The minimum absolute atomic E-state index is 0.241. The van der Waals surface area contributed by atoms with Crippen LogP contribution in [0.2, 0.25) is 0 Å². The molecule has 1 aliphatic heterocycles. The lowest BCUT2D eigenvalue weighted by molar-refractivity contribution is -0.132. The van der Waals surface area contributed by atoms with Crippen molar-refractivity contribution in [3.63, 3.8) is 0 Å². The maximum atomic E-state index is 11.1. The Morgan fingerprint density at radius 3 is 2.64 bits per heavy atom. The van der Waals surface area contributed by atoms with Gasteiger partial charge in [0.25, 0.3) is 0 Å². The fourth-order valence-electron chi connectivity index (χ4n) is 2.31. The van der Waals surface area contributed by atoms with Gasteiger partial charge in [0.2, 0.25) is 0 Å². The van der Waals surface area contributed by atoms with Crippen LogP contribution in [0.5, 0.6) is 23.0 Å². The zero-order chi connectivity index (χ0) is 15.5. The molecule has 0 spiro atoms. The smallest absolute Gasteiger partial charge is 0.308 e. The highest BCUT2D eigenvalue weighted by Crippen LogP contribution is 2.38. The second-order valence-electron chi connectivity index (χ2n) is 4.87. The van der Waals surface area contributed by atoms with E-state index in [1.165, 1.54) is 14.0 Å². The van der Waals surface area contributed by atoms with E-state index in [9.17, 15) is 4.79 Å². The van der Waals surface area contributed by atoms with Crippen molar-refractivity contribution >= 4 is 5.97 Å². The van der Waals surface area contributed by atoms with Crippen molar-refractivity contribution in [1.29, 1.82) is 0 Å².